The zero-order valence-corrected chi connectivity index (χ0v) is 16.9. The SMILES string of the molecule is Cc1ccc(S(=O)(=O)N(Cc2ccco2)[C@@H]2C[C@H]2C(=O)NC(C)(C)C)cc1. The van der Waals surface area contributed by atoms with Crippen molar-refractivity contribution in [2.24, 2.45) is 5.92 Å². The van der Waals surface area contributed by atoms with E-state index in [-0.39, 0.29) is 34.8 Å². The summed E-state index contributed by atoms with van der Waals surface area (Å²) in [5.74, 6) is 0.0861. The van der Waals surface area contributed by atoms with Crippen LogP contribution in [-0.2, 0) is 21.4 Å². The fraction of sp³-hybridized carbons (Fsp3) is 0.450. The summed E-state index contributed by atoms with van der Waals surface area (Å²) in [4.78, 5) is 12.7. The molecule has 0 aliphatic heterocycles. The van der Waals surface area contributed by atoms with Gasteiger partial charge in [0, 0.05) is 11.6 Å². The van der Waals surface area contributed by atoms with Gasteiger partial charge in [0.25, 0.3) is 0 Å². The molecule has 1 aromatic heterocycles. The van der Waals surface area contributed by atoms with Crippen LogP contribution in [0.4, 0.5) is 0 Å². The molecule has 0 unspecified atom stereocenters. The number of hydrogen-bond acceptors (Lipinski definition) is 4. The molecular formula is C20H26N2O4S. The van der Waals surface area contributed by atoms with Crippen molar-refractivity contribution >= 4 is 15.9 Å². The fourth-order valence-electron chi connectivity index (χ4n) is 3.03. The van der Waals surface area contributed by atoms with Crippen LogP contribution in [0.3, 0.4) is 0 Å². The minimum absolute atomic E-state index is 0.104. The Labute approximate surface area is 160 Å². The van der Waals surface area contributed by atoms with Gasteiger partial charge in [0.15, 0.2) is 0 Å². The number of nitrogens with one attached hydrogen (secondary N) is 1. The average Bonchev–Trinajstić information content (AvgIpc) is 3.18. The van der Waals surface area contributed by atoms with Crippen LogP contribution in [0.15, 0.2) is 52.0 Å². The first-order chi connectivity index (χ1) is 12.6. The van der Waals surface area contributed by atoms with Gasteiger partial charge >= 0.3 is 0 Å². The monoisotopic (exact) mass is 390 g/mol. The van der Waals surface area contributed by atoms with Crippen LogP contribution >= 0.6 is 0 Å². The summed E-state index contributed by atoms with van der Waals surface area (Å²) in [7, 11) is -3.75. The van der Waals surface area contributed by atoms with Gasteiger partial charge in [-0.2, -0.15) is 4.31 Å². The lowest BCUT2D eigenvalue weighted by molar-refractivity contribution is -0.124. The summed E-state index contributed by atoms with van der Waals surface area (Å²) in [5, 5.41) is 2.94. The number of nitrogens with zero attached hydrogens (tertiary/aromatic N) is 1. The molecule has 0 saturated heterocycles. The van der Waals surface area contributed by atoms with Gasteiger partial charge in [0.2, 0.25) is 15.9 Å². The number of aryl methyl sites for hydroxylation is 1. The minimum Gasteiger partial charge on any atom is -0.468 e. The Morgan fingerprint density at radius 1 is 1.22 bits per heavy atom. The van der Waals surface area contributed by atoms with Crippen molar-refractivity contribution in [3.63, 3.8) is 0 Å². The van der Waals surface area contributed by atoms with E-state index in [2.05, 4.69) is 5.32 Å². The number of furan rings is 1. The number of hydrogen-bond donors (Lipinski definition) is 1. The summed E-state index contributed by atoms with van der Waals surface area (Å²) < 4.78 is 33.3. The molecule has 27 heavy (non-hydrogen) atoms. The van der Waals surface area contributed by atoms with Gasteiger partial charge in [-0.3, -0.25) is 4.79 Å². The van der Waals surface area contributed by atoms with Crippen molar-refractivity contribution in [3.8, 4) is 0 Å². The van der Waals surface area contributed by atoms with Gasteiger partial charge in [-0.25, -0.2) is 8.42 Å². The Morgan fingerprint density at radius 3 is 2.44 bits per heavy atom. The molecule has 1 saturated carbocycles. The summed E-state index contributed by atoms with van der Waals surface area (Å²) >= 11 is 0. The molecule has 0 bridgehead atoms. The van der Waals surface area contributed by atoms with Crippen LogP contribution < -0.4 is 5.32 Å². The highest BCUT2D eigenvalue weighted by Gasteiger charge is 2.51. The van der Waals surface area contributed by atoms with Crippen LogP contribution in [0.5, 0.6) is 0 Å². The number of carbonyl (C=O) groups excluding carboxylic acids is 1. The molecule has 1 aromatic carbocycles. The van der Waals surface area contributed by atoms with E-state index in [0.29, 0.717) is 12.2 Å². The number of rotatable bonds is 6. The quantitative estimate of drug-likeness (QED) is 0.822. The molecule has 1 heterocycles. The molecule has 2 atom stereocenters. The molecule has 0 spiro atoms. The highest BCUT2D eigenvalue weighted by molar-refractivity contribution is 7.89. The maximum atomic E-state index is 13.3. The Bertz CT molecular complexity index is 896. The maximum Gasteiger partial charge on any atom is 0.243 e. The third kappa shape index (κ3) is 4.59. The Morgan fingerprint density at radius 2 is 1.89 bits per heavy atom. The molecule has 7 heteroatoms. The van der Waals surface area contributed by atoms with Crippen molar-refractivity contribution in [2.45, 2.75) is 57.1 Å². The molecule has 1 N–H and O–H groups in total. The maximum absolute atomic E-state index is 13.3. The van der Waals surface area contributed by atoms with Crippen molar-refractivity contribution in [1.29, 1.82) is 0 Å². The van der Waals surface area contributed by atoms with Crippen molar-refractivity contribution in [1.82, 2.24) is 9.62 Å². The average molecular weight is 391 g/mol. The second kappa shape index (κ2) is 7.13. The first-order valence-corrected chi connectivity index (χ1v) is 10.4. The molecule has 6 nitrogen and oxygen atoms in total. The molecular weight excluding hydrogens is 364 g/mol. The molecule has 1 fully saturated rings. The van der Waals surface area contributed by atoms with Gasteiger partial charge in [0.05, 0.1) is 23.6 Å². The Hall–Kier alpha value is -2.12. The first kappa shape index (κ1) is 19.6. The van der Waals surface area contributed by atoms with E-state index in [1.165, 1.54) is 10.6 Å². The van der Waals surface area contributed by atoms with E-state index in [1.54, 1.807) is 36.4 Å². The van der Waals surface area contributed by atoms with Gasteiger partial charge in [-0.15, -0.1) is 0 Å². The van der Waals surface area contributed by atoms with Gasteiger partial charge < -0.3 is 9.73 Å². The molecule has 3 rings (SSSR count). The van der Waals surface area contributed by atoms with E-state index in [0.717, 1.165) is 5.56 Å². The second-order valence-electron chi connectivity index (χ2n) is 8.09. The van der Waals surface area contributed by atoms with Crippen molar-refractivity contribution in [3.05, 3.63) is 54.0 Å². The van der Waals surface area contributed by atoms with Gasteiger partial charge in [0.1, 0.15) is 5.76 Å². The number of benzene rings is 1. The molecule has 146 valence electrons. The van der Waals surface area contributed by atoms with Crippen LogP contribution in [0, 0.1) is 12.8 Å². The summed E-state index contributed by atoms with van der Waals surface area (Å²) in [6.45, 7) is 7.74. The largest absolute Gasteiger partial charge is 0.468 e. The standard InChI is InChI=1S/C20H26N2O4S/c1-14-7-9-16(10-8-14)27(24,25)22(13-15-6-5-11-26-15)18-12-17(18)19(23)21-20(2,3)4/h5-11,17-18H,12-13H2,1-4H3,(H,21,23)/t17-,18-/m1/s1. The molecule has 1 aliphatic rings. The highest BCUT2D eigenvalue weighted by atomic mass is 32.2. The van der Waals surface area contributed by atoms with E-state index in [1.807, 2.05) is 27.7 Å². The first-order valence-electron chi connectivity index (χ1n) is 9.01. The lowest BCUT2D eigenvalue weighted by atomic mass is 10.1. The van der Waals surface area contributed by atoms with Crippen molar-refractivity contribution < 1.29 is 17.6 Å². The third-order valence-corrected chi connectivity index (χ3v) is 6.37. The predicted octanol–water partition coefficient (Wildman–Crippen LogP) is 3.08. The number of sulfonamides is 1. The summed E-state index contributed by atoms with van der Waals surface area (Å²) in [6, 6.07) is 9.85. The molecule has 1 amide bonds. The van der Waals surface area contributed by atoms with Gasteiger partial charge in [-0.1, -0.05) is 17.7 Å². The Balaban J connectivity index is 1.86. The van der Waals surface area contributed by atoms with E-state index >= 15 is 0 Å². The molecule has 0 radical (unpaired) electrons. The van der Waals surface area contributed by atoms with Crippen LogP contribution in [0.25, 0.3) is 0 Å². The normalized spacial score (nSPS) is 19.9. The second-order valence-corrected chi connectivity index (χ2v) is 9.98. The third-order valence-electron chi connectivity index (χ3n) is 4.48. The van der Waals surface area contributed by atoms with Crippen LogP contribution in [-0.4, -0.2) is 30.2 Å². The lowest BCUT2D eigenvalue weighted by Crippen LogP contribution is -2.43. The summed E-state index contributed by atoms with van der Waals surface area (Å²) in [5.41, 5.74) is 0.631. The topological polar surface area (TPSA) is 79.6 Å². The van der Waals surface area contributed by atoms with E-state index in [9.17, 15) is 13.2 Å². The summed E-state index contributed by atoms with van der Waals surface area (Å²) in [6.07, 6.45) is 2.02. The predicted molar refractivity (Wildman–Crippen MR) is 102 cm³/mol. The van der Waals surface area contributed by atoms with E-state index < -0.39 is 10.0 Å². The molecule has 1 aliphatic carbocycles. The van der Waals surface area contributed by atoms with Crippen molar-refractivity contribution in [2.75, 3.05) is 0 Å². The smallest absolute Gasteiger partial charge is 0.243 e. The van der Waals surface area contributed by atoms with Gasteiger partial charge in [-0.05, 0) is 58.4 Å². The zero-order chi connectivity index (χ0) is 19.8. The number of amides is 1. The van der Waals surface area contributed by atoms with E-state index in [4.69, 9.17) is 4.42 Å². The van der Waals surface area contributed by atoms with Crippen LogP contribution in [0.2, 0.25) is 0 Å². The lowest BCUT2D eigenvalue weighted by Gasteiger charge is -2.23. The minimum atomic E-state index is -3.75. The highest BCUT2D eigenvalue weighted by Crippen LogP contribution is 2.40. The number of carbonyl (C=O) groups is 1. The zero-order valence-electron chi connectivity index (χ0n) is 16.1. The molecule has 2 aromatic rings. The Kier molecular flexibility index (Phi) is 5.18. The fourth-order valence-corrected chi connectivity index (χ4v) is 4.66. The van der Waals surface area contributed by atoms with Crippen LogP contribution in [0.1, 0.15) is 38.5 Å².